The smallest absolute Gasteiger partial charge is 0.0279 e. The lowest BCUT2D eigenvalue weighted by atomic mass is 10.0. The molecule has 0 saturated carbocycles. The molecule has 0 heteroatoms. The molecule has 0 radical (unpaired) electrons. The molecule has 0 bridgehead atoms. The van der Waals surface area contributed by atoms with Crippen molar-refractivity contribution in [1.82, 2.24) is 0 Å². The third-order valence-corrected chi connectivity index (χ3v) is 2.14. The number of hydrogen-bond donors (Lipinski definition) is 0. The van der Waals surface area contributed by atoms with E-state index in [-0.39, 0.29) is 0 Å². The van der Waals surface area contributed by atoms with Gasteiger partial charge in [-0.05, 0) is 38.2 Å². The minimum absolute atomic E-state index is 0.810. The van der Waals surface area contributed by atoms with E-state index in [0.717, 1.165) is 12.3 Å². The summed E-state index contributed by atoms with van der Waals surface area (Å²) in [6.45, 7) is 12.6. The zero-order chi connectivity index (χ0) is 11.0. The summed E-state index contributed by atoms with van der Waals surface area (Å²) in [5.41, 5.74) is 2.69. The van der Waals surface area contributed by atoms with Crippen LogP contribution in [0.2, 0.25) is 0 Å². The minimum Gasteiger partial charge on any atom is -0.0988 e. The van der Waals surface area contributed by atoms with Gasteiger partial charge in [0.15, 0.2) is 0 Å². The Hall–Kier alpha value is -0.780. The molecule has 0 nitrogen and oxygen atoms in total. The van der Waals surface area contributed by atoms with Crippen LogP contribution in [0.25, 0.3) is 0 Å². The minimum atomic E-state index is 0.810. The number of hydrogen-bond acceptors (Lipinski definition) is 0. The van der Waals surface area contributed by atoms with Crippen molar-refractivity contribution in [1.29, 1.82) is 0 Å². The van der Waals surface area contributed by atoms with E-state index in [9.17, 15) is 0 Å². The summed E-state index contributed by atoms with van der Waals surface area (Å²) >= 11 is 0. The predicted octanol–water partition coefficient (Wildman–Crippen LogP) is 4.89. The predicted molar refractivity (Wildman–Crippen MR) is 66.4 cm³/mol. The summed E-state index contributed by atoms with van der Waals surface area (Å²) in [5.74, 6) is 0.810. The fraction of sp³-hybridized carbons (Fsp3) is 0.571. The summed E-state index contributed by atoms with van der Waals surface area (Å²) in [5, 5.41) is 0. The van der Waals surface area contributed by atoms with Crippen LogP contribution in [0.4, 0.5) is 0 Å². The molecule has 0 aliphatic rings. The average Bonchev–Trinajstić information content (AvgIpc) is 2.10. The maximum absolute atomic E-state index is 3.84. The second-order valence-corrected chi connectivity index (χ2v) is 4.48. The van der Waals surface area contributed by atoms with Crippen molar-refractivity contribution >= 4 is 0 Å². The van der Waals surface area contributed by atoms with E-state index in [2.05, 4.69) is 46.4 Å². The molecular formula is C14H24. The molecule has 0 saturated heterocycles. The van der Waals surface area contributed by atoms with Gasteiger partial charge >= 0.3 is 0 Å². The first-order valence-electron chi connectivity index (χ1n) is 5.52. The Bertz CT molecular complexity index is 212. The first-order valence-corrected chi connectivity index (χ1v) is 5.52. The maximum Gasteiger partial charge on any atom is -0.0279 e. The van der Waals surface area contributed by atoms with Gasteiger partial charge < -0.3 is 0 Å². The standard InChI is InChI=1S/C14H24/c1-6-14(11-10-13(4)5)9-7-8-12(2)3/h6,10-12H,1,7-9H2,2-5H3/b14-11+. The summed E-state index contributed by atoms with van der Waals surface area (Å²) in [6, 6.07) is 0. The Kier molecular flexibility index (Phi) is 7.18. The van der Waals surface area contributed by atoms with Gasteiger partial charge in [0.1, 0.15) is 0 Å². The molecule has 0 amide bonds. The van der Waals surface area contributed by atoms with Crippen LogP contribution in [0, 0.1) is 5.92 Å². The van der Waals surface area contributed by atoms with Crippen LogP contribution in [-0.2, 0) is 0 Å². The van der Waals surface area contributed by atoms with Gasteiger partial charge in [-0.3, -0.25) is 0 Å². The highest BCUT2D eigenvalue weighted by Gasteiger charge is 1.95. The molecule has 0 heterocycles. The fourth-order valence-electron chi connectivity index (χ4n) is 1.24. The van der Waals surface area contributed by atoms with Crippen molar-refractivity contribution in [2.45, 2.75) is 47.0 Å². The molecule has 0 N–H and O–H groups in total. The van der Waals surface area contributed by atoms with Crippen molar-refractivity contribution in [2.24, 2.45) is 5.92 Å². The fourth-order valence-corrected chi connectivity index (χ4v) is 1.24. The van der Waals surface area contributed by atoms with Crippen molar-refractivity contribution in [3.05, 3.63) is 36.0 Å². The number of rotatable bonds is 6. The first-order chi connectivity index (χ1) is 6.56. The highest BCUT2D eigenvalue weighted by molar-refractivity contribution is 5.23. The monoisotopic (exact) mass is 192 g/mol. The van der Waals surface area contributed by atoms with E-state index >= 15 is 0 Å². The Labute approximate surface area is 89.4 Å². The van der Waals surface area contributed by atoms with Gasteiger partial charge in [-0.2, -0.15) is 0 Å². The Morgan fingerprint density at radius 1 is 1.21 bits per heavy atom. The molecule has 0 fully saturated rings. The molecule has 14 heavy (non-hydrogen) atoms. The largest absolute Gasteiger partial charge is 0.0988 e. The Morgan fingerprint density at radius 2 is 1.86 bits per heavy atom. The number of allylic oxidation sites excluding steroid dienone is 5. The lowest BCUT2D eigenvalue weighted by Gasteiger charge is -2.04. The Morgan fingerprint density at radius 3 is 2.29 bits per heavy atom. The van der Waals surface area contributed by atoms with E-state index in [1.165, 1.54) is 24.0 Å². The average molecular weight is 192 g/mol. The molecule has 0 unspecified atom stereocenters. The molecule has 0 aliphatic heterocycles. The van der Waals surface area contributed by atoms with Gasteiger partial charge in [0.2, 0.25) is 0 Å². The van der Waals surface area contributed by atoms with Gasteiger partial charge in [0.05, 0.1) is 0 Å². The van der Waals surface area contributed by atoms with E-state index in [1.54, 1.807) is 0 Å². The normalized spacial score (nSPS) is 11.6. The topological polar surface area (TPSA) is 0 Å². The second-order valence-electron chi connectivity index (χ2n) is 4.48. The molecular weight excluding hydrogens is 168 g/mol. The van der Waals surface area contributed by atoms with Crippen molar-refractivity contribution in [3.63, 3.8) is 0 Å². The molecule has 0 spiro atoms. The quantitative estimate of drug-likeness (QED) is 0.525. The van der Waals surface area contributed by atoms with Crippen LogP contribution in [0.1, 0.15) is 47.0 Å². The zero-order valence-electron chi connectivity index (χ0n) is 10.1. The summed E-state index contributed by atoms with van der Waals surface area (Å²) in [7, 11) is 0. The lowest BCUT2D eigenvalue weighted by Crippen LogP contribution is -1.87. The Balaban J connectivity index is 3.97. The van der Waals surface area contributed by atoms with Gasteiger partial charge in [-0.1, -0.05) is 50.6 Å². The molecule has 0 aromatic heterocycles. The zero-order valence-corrected chi connectivity index (χ0v) is 10.1. The van der Waals surface area contributed by atoms with E-state index in [4.69, 9.17) is 0 Å². The van der Waals surface area contributed by atoms with Gasteiger partial charge in [0.25, 0.3) is 0 Å². The van der Waals surface area contributed by atoms with Crippen molar-refractivity contribution in [3.8, 4) is 0 Å². The van der Waals surface area contributed by atoms with Crippen LogP contribution in [0.15, 0.2) is 36.0 Å². The van der Waals surface area contributed by atoms with Gasteiger partial charge in [-0.25, -0.2) is 0 Å². The lowest BCUT2D eigenvalue weighted by molar-refractivity contribution is 0.556. The molecule has 0 aromatic rings. The van der Waals surface area contributed by atoms with Crippen LogP contribution in [0.3, 0.4) is 0 Å². The highest BCUT2D eigenvalue weighted by Crippen LogP contribution is 2.13. The summed E-state index contributed by atoms with van der Waals surface area (Å²) in [4.78, 5) is 0. The van der Waals surface area contributed by atoms with Gasteiger partial charge in [-0.15, -0.1) is 0 Å². The van der Waals surface area contributed by atoms with Crippen LogP contribution < -0.4 is 0 Å². The van der Waals surface area contributed by atoms with E-state index < -0.39 is 0 Å². The third kappa shape index (κ3) is 7.85. The second kappa shape index (κ2) is 7.61. The van der Waals surface area contributed by atoms with E-state index in [0.29, 0.717) is 0 Å². The highest BCUT2D eigenvalue weighted by atomic mass is 14.0. The molecule has 0 rings (SSSR count). The van der Waals surface area contributed by atoms with Crippen LogP contribution >= 0.6 is 0 Å². The van der Waals surface area contributed by atoms with Crippen LogP contribution in [-0.4, -0.2) is 0 Å². The molecule has 0 aromatic carbocycles. The molecule has 0 aliphatic carbocycles. The van der Waals surface area contributed by atoms with Crippen molar-refractivity contribution < 1.29 is 0 Å². The summed E-state index contributed by atoms with van der Waals surface area (Å²) < 4.78 is 0. The van der Waals surface area contributed by atoms with Gasteiger partial charge in [0, 0.05) is 0 Å². The molecule has 0 atom stereocenters. The van der Waals surface area contributed by atoms with Crippen molar-refractivity contribution in [2.75, 3.05) is 0 Å². The maximum atomic E-state index is 3.84. The first kappa shape index (κ1) is 13.2. The van der Waals surface area contributed by atoms with E-state index in [1.807, 2.05) is 6.08 Å². The summed E-state index contributed by atoms with van der Waals surface area (Å²) in [6.07, 6.45) is 10.0. The van der Waals surface area contributed by atoms with Crippen LogP contribution in [0.5, 0.6) is 0 Å². The molecule has 80 valence electrons. The SMILES string of the molecule is C=C/C(=C\C=C(C)C)CCCC(C)C. The third-order valence-electron chi connectivity index (χ3n) is 2.14.